The van der Waals surface area contributed by atoms with Gasteiger partial charge >= 0.3 is 0 Å². The number of carbonyl (C=O) groups excluding carboxylic acids is 2. The highest BCUT2D eigenvalue weighted by molar-refractivity contribution is 8.03. The molecule has 0 bridgehead atoms. The Kier molecular flexibility index (Phi) is 8.99. The SMILES string of the molecule is COc1ccc(NC(=O)CSC2=C(C#N)C(c3ccc(O)c(OC)c3)C(C(=O)Nc3ccccc3)=C(C)N2)cc1. The minimum absolute atomic E-state index is 0.0178. The van der Waals surface area contributed by atoms with Crippen molar-refractivity contribution in [3.05, 3.63) is 100 Å². The fourth-order valence-corrected chi connectivity index (χ4v) is 5.16. The zero-order valence-electron chi connectivity index (χ0n) is 22.1. The lowest BCUT2D eigenvalue weighted by atomic mass is 9.82. The van der Waals surface area contributed by atoms with E-state index in [0.717, 1.165) is 11.8 Å². The number of rotatable bonds is 9. The van der Waals surface area contributed by atoms with Crippen LogP contribution < -0.4 is 25.4 Å². The average molecular weight is 557 g/mol. The van der Waals surface area contributed by atoms with E-state index >= 15 is 0 Å². The van der Waals surface area contributed by atoms with Crippen molar-refractivity contribution in [2.75, 3.05) is 30.6 Å². The molecule has 1 unspecified atom stereocenters. The summed E-state index contributed by atoms with van der Waals surface area (Å²) in [5.74, 6) is -0.596. The number of phenols is 1. The fraction of sp³-hybridized carbons (Fsp3) is 0.167. The van der Waals surface area contributed by atoms with Gasteiger partial charge in [-0.15, -0.1) is 0 Å². The maximum Gasteiger partial charge on any atom is 0.254 e. The van der Waals surface area contributed by atoms with Crippen LogP contribution in [0.4, 0.5) is 11.4 Å². The third-order valence-electron chi connectivity index (χ3n) is 6.18. The number of allylic oxidation sites excluding steroid dienone is 2. The number of benzene rings is 3. The second-order valence-corrected chi connectivity index (χ2v) is 9.75. The lowest BCUT2D eigenvalue weighted by Crippen LogP contribution is -2.31. The summed E-state index contributed by atoms with van der Waals surface area (Å²) in [6, 6.07) is 22.9. The Labute approximate surface area is 236 Å². The van der Waals surface area contributed by atoms with Gasteiger partial charge in [-0.3, -0.25) is 9.59 Å². The Morgan fingerprint density at radius 1 is 1.00 bits per heavy atom. The second-order valence-electron chi connectivity index (χ2n) is 8.77. The first-order valence-corrected chi connectivity index (χ1v) is 13.2. The number of methoxy groups -OCH3 is 2. The molecule has 40 heavy (non-hydrogen) atoms. The Hall–Kier alpha value is -4.88. The van der Waals surface area contributed by atoms with Crippen LogP contribution in [0, 0.1) is 11.3 Å². The third kappa shape index (κ3) is 6.39. The Balaban J connectivity index is 1.64. The first-order valence-electron chi connectivity index (χ1n) is 12.3. The van der Waals surface area contributed by atoms with Crippen molar-refractivity contribution in [1.82, 2.24) is 5.32 Å². The number of dihydropyridines is 1. The number of amides is 2. The van der Waals surface area contributed by atoms with E-state index in [0.29, 0.717) is 39.0 Å². The van der Waals surface area contributed by atoms with Crippen LogP contribution in [-0.2, 0) is 9.59 Å². The largest absolute Gasteiger partial charge is 0.504 e. The van der Waals surface area contributed by atoms with Gasteiger partial charge < -0.3 is 30.5 Å². The van der Waals surface area contributed by atoms with Crippen molar-refractivity contribution in [1.29, 1.82) is 5.26 Å². The van der Waals surface area contributed by atoms with Crippen LogP contribution >= 0.6 is 11.8 Å². The molecule has 0 radical (unpaired) electrons. The van der Waals surface area contributed by atoms with Gasteiger partial charge in [0.15, 0.2) is 11.5 Å². The number of aromatic hydroxyl groups is 1. The van der Waals surface area contributed by atoms with Crippen LogP contribution in [0.1, 0.15) is 18.4 Å². The molecular formula is C30H28N4O5S. The molecule has 2 amide bonds. The monoisotopic (exact) mass is 556 g/mol. The van der Waals surface area contributed by atoms with Crippen molar-refractivity contribution < 1.29 is 24.2 Å². The van der Waals surface area contributed by atoms with Gasteiger partial charge in [-0.1, -0.05) is 36.0 Å². The number of nitrogens with zero attached hydrogens (tertiary/aromatic N) is 1. The van der Waals surface area contributed by atoms with Gasteiger partial charge in [0.2, 0.25) is 5.91 Å². The smallest absolute Gasteiger partial charge is 0.254 e. The first-order chi connectivity index (χ1) is 19.3. The molecule has 0 aromatic heterocycles. The summed E-state index contributed by atoms with van der Waals surface area (Å²) >= 11 is 1.16. The van der Waals surface area contributed by atoms with Crippen molar-refractivity contribution in [3.8, 4) is 23.3 Å². The minimum Gasteiger partial charge on any atom is -0.504 e. The van der Waals surface area contributed by atoms with Crippen molar-refractivity contribution in [2.24, 2.45) is 0 Å². The van der Waals surface area contributed by atoms with Gasteiger partial charge in [0.1, 0.15) is 5.75 Å². The minimum atomic E-state index is -0.781. The van der Waals surface area contributed by atoms with Crippen LogP contribution in [0.5, 0.6) is 17.2 Å². The molecule has 1 heterocycles. The standard InChI is InChI=1S/C30H28N4O5S/c1-18-27(29(37)34-20-7-5-4-6-8-20)28(19-9-14-24(35)25(15-19)39-3)23(16-31)30(32-18)40-17-26(36)33-21-10-12-22(38-2)13-11-21/h4-15,28,32,35H,17H2,1-3H3,(H,33,36)(H,34,37). The van der Waals surface area contributed by atoms with Crippen molar-refractivity contribution in [2.45, 2.75) is 12.8 Å². The predicted molar refractivity (Wildman–Crippen MR) is 155 cm³/mol. The molecule has 0 saturated heterocycles. The highest BCUT2D eigenvalue weighted by Gasteiger charge is 2.35. The van der Waals surface area contributed by atoms with E-state index in [1.54, 1.807) is 62.6 Å². The van der Waals surface area contributed by atoms with E-state index in [1.807, 2.05) is 18.2 Å². The predicted octanol–water partition coefficient (Wildman–Crippen LogP) is 5.12. The molecule has 0 saturated carbocycles. The van der Waals surface area contributed by atoms with Gasteiger partial charge in [0, 0.05) is 22.6 Å². The number of para-hydroxylation sites is 1. The maximum atomic E-state index is 13.6. The van der Waals surface area contributed by atoms with E-state index in [1.165, 1.54) is 13.2 Å². The van der Waals surface area contributed by atoms with Crippen LogP contribution in [0.15, 0.2) is 94.7 Å². The van der Waals surface area contributed by atoms with Crippen LogP contribution in [-0.4, -0.2) is 36.9 Å². The zero-order chi connectivity index (χ0) is 28.6. The van der Waals surface area contributed by atoms with Crippen LogP contribution in [0.2, 0.25) is 0 Å². The molecule has 1 aliphatic rings. The molecule has 1 atom stereocenters. The molecule has 204 valence electrons. The normalized spacial score (nSPS) is 14.6. The summed E-state index contributed by atoms with van der Waals surface area (Å²) in [6.07, 6.45) is 0. The molecular weight excluding hydrogens is 528 g/mol. The van der Waals surface area contributed by atoms with Gasteiger partial charge in [0.25, 0.3) is 5.91 Å². The lowest BCUT2D eigenvalue weighted by molar-refractivity contribution is -0.114. The summed E-state index contributed by atoms with van der Waals surface area (Å²) in [5.41, 5.74) is 2.92. The summed E-state index contributed by atoms with van der Waals surface area (Å²) in [6.45, 7) is 1.75. The summed E-state index contributed by atoms with van der Waals surface area (Å²) < 4.78 is 10.4. The van der Waals surface area contributed by atoms with E-state index in [2.05, 4.69) is 22.0 Å². The quantitative estimate of drug-likeness (QED) is 0.286. The third-order valence-corrected chi connectivity index (χ3v) is 7.20. The van der Waals surface area contributed by atoms with Crippen LogP contribution in [0.3, 0.4) is 0 Å². The summed E-state index contributed by atoms with van der Waals surface area (Å²) in [7, 11) is 2.99. The molecule has 3 aromatic rings. The fourth-order valence-electron chi connectivity index (χ4n) is 4.26. The highest BCUT2D eigenvalue weighted by atomic mass is 32.2. The molecule has 0 spiro atoms. The average Bonchev–Trinajstić information content (AvgIpc) is 2.96. The lowest BCUT2D eigenvalue weighted by Gasteiger charge is -2.30. The zero-order valence-corrected chi connectivity index (χ0v) is 23.0. The molecule has 0 fully saturated rings. The molecule has 4 rings (SSSR count). The van der Waals surface area contributed by atoms with Crippen molar-refractivity contribution >= 4 is 35.0 Å². The Morgan fingerprint density at radius 2 is 1.70 bits per heavy atom. The number of hydrogen-bond acceptors (Lipinski definition) is 8. The van der Waals surface area contributed by atoms with Gasteiger partial charge in [-0.2, -0.15) is 5.26 Å². The number of hydrogen-bond donors (Lipinski definition) is 4. The molecule has 3 aromatic carbocycles. The number of nitrogens with one attached hydrogen (secondary N) is 3. The van der Waals surface area contributed by atoms with Gasteiger partial charge in [0.05, 0.1) is 42.6 Å². The number of anilines is 2. The number of thioether (sulfide) groups is 1. The van der Waals surface area contributed by atoms with Crippen LogP contribution in [0.25, 0.3) is 0 Å². The molecule has 4 N–H and O–H groups in total. The topological polar surface area (TPSA) is 133 Å². The summed E-state index contributed by atoms with van der Waals surface area (Å²) in [5, 5.41) is 29.8. The number of phenolic OH excluding ortho intramolecular Hbond substituents is 1. The van der Waals surface area contributed by atoms with Gasteiger partial charge in [-0.05, 0) is 61.0 Å². The van der Waals surface area contributed by atoms with E-state index < -0.39 is 5.92 Å². The Bertz CT molecular complexity index is 1510. The van der Waals surface area contributed by atoms with Gasteiger partial charge in [-0.25, -0.2) is 0 Å². The molecule has 1 aliphatic heterocycles. The maximum absolute atomic E-state index is 13.6. The number of carbonyl (C=O) groups is 2. The van der Waals surface area contributed by atoms with E-state index in [-0.39, 0.29) is 34.6 Å². The number of ether oxygens (including phenoxy) is 2. The molecule has 9 nitrogen and oxygen atoms in total. The Morgan fingerprint density at radius 3 is 2.35 bits per heavy atom. The second kappa shape index (κ2) is 12.8. The van der Waals surface area contributed by atoms with Crippen molar-refractivity contribution in [3.63, 3.8) is 0 Å². The highest BCUT2D eigenvalue weighted by Crippen LogP contribution is 2.43. The summed E-state index contributed by atoms with van der Waals surface area (Å²) in [4.78, 5) is 26.3. The van der Waals surface area contributed by atoms with E-state index in [4.69, 9.17) is 9.47 Å². The van der Waals surface area contributed by atoms with E-state index in [9.17, 15) is 20.0 Å². The first kappa shape index (κ1) is 28.1. The number of nitriles is 1. The molecule has 0 aliphatic carbocycles. The molecule has 10 heteroatoms.